The molecule has 1 saturated heterocycles. The molecule has 12 heteroatoms. The average Bonchev–Trinajstić information content (AvgIpc) is 3.84. The van der Waals surface area contributed by atoms with Crippen molar-refractivity contribution in [3.05, 3.63) is 99.5 Å². The van der Waals surface area contributed by atoms with Crippen LogP contribution in [0.2, 0.25) is 10.0 Å². The molecule has 1 saturated carbocycles. The molecule has 0 unspecified atom stereocenters. The first-order valence-corrected chi connectivity index (χ1v) is 17.9. The van der Waals surface area contributed by atoms with Crippen LogP contribution >= 0.6 is 23.2 Å². The highest BCUT2D eigenvalue weighted by Crippen LogP contribution is 2.54. The van der Waals surface area contributed by atoms with Gasteiger partial charge in [0.1, 0.15) is 0 Å². The van der Waals surface area contributed by atoms with Crippen molar-refractivity contribution >= 4 is 56.9 Å². The number of hydrogen-bond acceptors (Lipinski definition) is 5. The van der Waals surface area contributed by atoms with Crippen LogP contribution in [0.4, 0.5) is 5.69 Å². The van der Waals surface area contributed by atoms with Gasteiger partial charge in [0, 0.05) is 22.0 Å². The number of para-hydroxylation sites is 1. The van der Waals surface area contributed by atoms with E-state index in [1.807, 2.05) is 30.3 Å². The Morgan fingerprint density at radius 3 is 2.26 bits per heavy atom. The molecule has 3 aromatic rings. The molecule has 2 aliphatic heterocycles. The van der Waals surface area contributed by atoms with Crippen molar-refractivity contribution in [2.24, 2.45) is 11.3 Å². The topological polar surface area (TPSA) is 115 Å². The summed E-state index contributed by atoms with van der Waals surface area (Å²) in [6, 6.07) is 19.3. The van der Waals surface area contributed by atoms with Gasteiger partial charge < -0.3 is 10.0 Å². The van der Waals surface area contributed by atoms with Crippen LogP contribution in [0.15, 0.2) is 72.8 Å². The van der Waals surface area contributed by atoms with Crippen molar-refractivity contribution < 1.29 is 27.9 Å². The van der Waals surface area contributed by atoms with Crippen LogP contribution < -0.4 is 4.31 Å². The number of likely N-dealkylation sites (tertiary alicyclic amines) is 1. The van der Waals surface area contributed by atoms with Crippen LogP contribution in [0.1, 0.15) is 79.9 Å². The number of anilines is 1. The van der Waals surface area contributed by atoms with E-state index in [1.54, 1.807) is 68.1 Å². The maximum absolute atomic E-state index is 14.9. The standard InChI is InChI=1S/C35H37Cl2N3O6S/c1-21(2)40-33(43)27-9-4-5-10-29(27)38(47(40,45)46)20-30(22-11-12-22)39-32(23-13-15-25(36)16-14-23)28(24-7-6-8-26(37)17-24)18-35(3,34(39)44)19-31(41)42/h4-10,13-17,21-22,28,30,32H,11-12,18-20H2,1-3H3,(H,41,42)/t28-,30-,32-,35-/m1/s1. The van der Waals surface area contributed by atoms with E-state index in [2.05, 4.69) is 0 Å². The van der Waals surface area contributed by atoms with Crippen molar-refractivity contribution in [1.29, 1.82) is 0 Å². The number of carboxylic acid groups (broad SMARTS) is 1. The first-order valence-electron chi connectivity index (χ1n) is 15.7. The molecule has 2 fully saturated rings. The second-order valence-electron chi connectivity index (χ2n) is 13.4. The van der Waals surface area contributed by atoms with Gasteiger partial charge in [0.25, 0.3) is 5.91 Å². The number of halogens is 2. The number of benzene rings is 3. The van der Waals surface area contributed by atoms with Gasteiger partial charge in [-0.1, -0.05) is 66.5 Å². The smallest absolute Gasteiger partial charge is 0.329 e. The summed E-state index contributed by atoms with van der Waals surface area (Å²) in [6.45, 7) is 4.87. The molecule has 0 bridgehead atoms. The van der Waals surface area contributed by atoms with E-state index in [-0.39, 0.29) is 42.0 Å². The number of carbonyl (C=O) groups is 3. The minimum absolute atomic E-state index is 0.0478. The molecule has 9 nitrogen and oxygen atoms in total. The van der Waals surface area contributed by atoms with Gasteiger partial charge in [0.05, 0.1) is 41.7 Å². The second-order valence-corrected chi connectivity index (χ2v) is 16.0. The van der Waals surface area contributed by atoms with Gasteiger partial charge in [-0.3, -0.25) is 18.7 Å². The maximum atomic E-state index is 14.9. The third kappa shape index (κ3) is 6.11. The maximum Gasteiger partial charge on any atom is 0.329 e. The summed E-state index contributed by atoms with van der Waals surface area (Å²) >= 11 is 12.8. The van der Waals surface area contributed by atoms with Gasteiger partial charge in [0.2, 0.25) is 5.91 Å². The Kier molecular flexibility index (Phi) is 8.82. The molecule has 4 atom stereocenters. The lowest BCUT2D eigenvalue weighted by Gasteiger charge is -2.53. The van der Waals surface area contributed by atoms with Gasteiger partial charge in [0.15, 0.2) is 0 Å². The molecule has 3 aliphatic rings. The molecule has 2 amide bonds. The zero-order chi connectivity index (χ0) is 33.8. The van der Waals surface area contributed by atoms with Crippen molar-refractivity contribution in [3.63, 3.8) is 0 Å². The molecule has 1 N–H and O–H groups in total. The minimum Gasteiger partial charge on any atom is -0.481 e. The Hall–Kier alpha value is -3.60. The number of nitrogens with zero attached hydrogens (tertiary/aromatic N) is 3. The van der Waals surface area contributed by atoms with Crippen LogP contribution in [0.25, 0.3) is 0 Å². The number of hydrogen-bond donors (Lipinski definition) is 1. The van der Waals surface area contributed by atoms with Crippen LogP contribution in [0.3, 0.4) is 0 Å². The zero-order valence-corrected chi connectivity index (χ0v) is 28.7. The Balaban J connectivity index is 1.55. The number of rotatable bonds is 9. The lowest BCUT2D eigenvalue weighted by atomic mass is 9.67. The predicted molar refractivity (Wildman–Crippen MR) is 181 cm³/mol. The first-order chi connectivity index (χ1) is 22.2. The minimum atomic E-state index is -4.34. The van der Waals surface area contributed by atoms with Crippen molar-refractivity contribution in [3.8, 4) is 0 Å². The molecule has 0 radical (unpaired) electrons. The van der Waals surface area contributed by atoms with Crippen molar-refractivity contribution in [1.82, 2.24) is 9.21 Å². The highest BCUT2D eigenvalue weighted by atomic mass is 35.5. The predicted octanol–water partition coefficient (Wildman–Crippen LogP) is 6.93. The summed E-state index contributed by atoms with van der Waals surface area (Å²) in [7, 11) is -4.34. The van der Waals surface area contributed by atoms with Crippen LogP contribution in [0, 0.1) is 11.3 Å². The SMILES string of the molecule is CC(C)N1C(=O)c2ccccc2N(C[C@H](C2CC2)N2C(=O)[C@@](C)(CC(=O)O)C[C@H](c3cccc(Cl)c3)[C@H]2c2ccc(Cl)cc2)S1(=O)=O. The summed E-state index contributed by atoms with van der Waals surface area (Å²) in [5.41, 5.74) is 0.850. The lowest BCUT2D eigenvalue weighted by Crippen LogP contribution is -2.61. The van der Waals surface area contributed by atoms with Crippen LogP contribution in [-0.4, -0.2) is 59.1 Å². The molecule has 248 valence electrons. The van der Waals surface area contributed by atoms with E-state index in [0.717, 1.165) is 28.3 Å². The fourth-order valence-corrected chi connectivity index (χ4v) is 9.51. The molecule has 2 heterocycles. The van der Waals surface area contributed by atoms with E-state index in [1.165, 1.54) is 4.31 Å². The fourth-order valence-electron chi connectivity index (χ4n) is 7.38. The van der Waals surface area contributed by atoms with E-state index in [4.69, 9.17) is 23.2 Å². The Morgan fingerprint density at radius 2 is 1.64 bits per heavy atom. The molecule has 6 rings (SSSR count). The van der Waals surface area contributed by atoms with E-state index in [9.17, 15) is 27.9 Å². The molecular formula is C35H37Cl2N3O6S. The third-order valence-electron chi connectivity index (χ3n) is 9.61. The van der Waals surface area contributed by atoms with Gasteiger partial charge in [-0.15, -0.1) is 0 Å². The summed E-state index contributed by atoms with van der Waals surface area (Å²) in [5, 5.41) is 11.1. The average molecular weight is 699 g/mol. The van der Waals surface area contributed by atoms with Crippen molar-refractivity contribution in [2.45, 2.75) is 70.5 Å². The Bertz CT molecular complexity index is 1830. The Morgan fingerprint density at radius 1 is 0.957 bits per heavy atom. The van der Waals surface area contributed by atoms with Crippen LogP contribution in [0.5, 0.6) is 0 Å². The number of fused-ring (bicyclic) bond motifs is 1. The molecular weight excluding hydrogens is 661 g/mol. The number of amides is 2. The van der Waals surface area contributed by atoms with Crippen molar-refractivity contribution in [2.75, 3.05) is 10.8 Å². The summed E-state index contributed by atoms with van der Waals surface area (Å²) < 4.78 is 30.7. The zero-order valence-electron chi connectivity index (χ0n) is 26.3. The second kappa shape index (κ2) is 12.5. The van der Waals surface area contributed by atoms with Gasteiger partial charge >= 0.3 is 16.2 Å². The van der Waals surface area contributed by atoms with Crippen LogP contribution in [-0.2, 0) is 19.8 Å². The highest BCUT2D eigenvalue weighted by Gasteiger charge is 2.56. The third-order valence-corrected chi connectivity index (χ3v) is 12.1. The van der Waals surface area contributed by atoms with Gasteiger partial charge in [-0.05, 0) is 86.6 Å². The summed E-state index contributed by atoms with van der Waals surface area (Å²) in [5.74, 6) is -2.48. The number of carboxylic acids is 1. The quantitative estimate of drug-likeness (QED) is 0.259. The number of aliphatic carboxylic acids is 1. The van der Waals surface area contributed by atoms with E-state index < -0.39 is 52.0 Å². The fraction of sp³-hybridized carbons (Fsp3) is 0.400. The molecule has 0 aromatic heterocycles. The summed E-state index contributed by atoms with van der Waals surface area (Å²) in [6.07, 6.45) is 1.37. The monoisotopic (exact) mass is 697 g/mol. The Labute approximate surface area is 285 Å². The highest BCUT2D eigenvalue weighted by molar-refractivity contribution is 7.91. The lowest BCUT2D eigenvalue weighted by molar-refractivity contribution is -0.160. The van der Waals surface area contributed by atoms with Gasteiger partial charge in [-0.2, -0.15) is 8.42 Å². The molecule has 3 aromatic carbocycles. The summed E-state index contributed by atoms with van der Waals surface area (Å²) in [4.78, 5) is 42.4. The molecule has 47 heavy (non-hydrogen) atoms. The normalized spacial score (nSPS) is 24.8. The number of piperidine rings is 1. The van der Waals surface area contributed by atoms with Gasteiger partial charge in [-0.25, -0.2) is 4.31 Å². The molecule has 1 aliphatic carbocycles. The van der Waals surface area contributed by atoms with E-state index in [0.29, 0.717) is 10.0 Å². The number of carbonyl (C=O) groups excluding carboxylic acids is 2. The largest absolute Gasteiger partial charge is 0.481 e. The first kappa shape index (κ1) is 33.3. The molecule has 0 spiro atoms. The van der Waals surface area contributed by atoms with E-state index >= 15 is 0 Å².